The zero-order valence-corrected chi connectivity index (χ0v) is 11.3. The van der Waals surface area contributed by atoms with Gasteiger partial charge >= 0.3 is 5.69 Å². The summed E-state index contributed by atoms with van der Waals surface area (Å²) in [4.78, 5) is 37.3. The highest BCUT2D eigenvalue weighted by molar-refractivity contribution is 5.97. The highest BCUT2D eigenvalue weighted by Gasteiger charge is 2.14. The molecule has 0 saturated carbocycles. The molecule has 2 heterocycles. The third-order valence-corrected chi connectivity index (χ3v) is 3.20. The first-order chi connectivity index (χ1) is 10.0. The Morgan fingerprint density at radius 1 is 1.29 bits per heavy atom. The molecule has 1 aromatic carbocycles. The normalized spacial score (nSPS) is 10.9. The number of furan rings is 1. The van der Waals surface area contributed by atoms with Crippen LogP contribution in [0.2, 0.25) is 0 Å². The number of hydrogen-bond acceptors (Lipinski definition) is 4. The number of aromatic amines is 1. The maximum absolute atomic E-state index is 12.2. The van der Waals surface area contributed by atoms with Gasteiger partial charge in [0, 0.05) is 17.1 Å². The molecular weight excluding hydrogens is 272 g/mol. The Balaban J connectivity index is 1.94. The smallest absolute Gasteiger partial charge is 0.328 e. The van der Waals surface area contributed by atoms with Crippen LogP contribution in [0.1, 0.15) is 16.1 Å². The van der Waals surface area contributed by atoms with Crippen molar-refractivity contribution < 1.29 is 9.21 Å². The van der Waals surface area contributed by atoms with E-state index in [2.05, 4.69) is 4.98 Å². The van der Waals surface area contributed by atoms with Crippen molar-refractivity contribution in [2.45, 2.75) is 13.5 Å². The van der Waals surface area contributed by atoms with E-state index in [1.165, 1.54) is 6.20 Å². The monoisotopic (exact) mass is 284 g/mol. The maximum atomic E-state index is 12.2. The number of para-hydroxylation sites is 1. The summed E-state index contributed by atoms with van der Waals surface area (Å²) in [6.45, 7) is 1.39. The minimum absolute atomic E-state index is 0.184. The first-order valence-corrected chi connectivity index (χ1v) is 6.37. The molecule has 0 bridgehead atoms. The fourth-order valence-electron chi connectivity index (χ4n) is 2.09. The third kappa shape index (κ3) is 2.43. The van der Waals surface area contributed by atoms with E-state index in [0.29, 0.717) is 11.1 Å². The Kier molecular flexibility index (Phi) is 3.06. The van der Waals surface area contributed by atoms with Gasteiger partial charge in [0.15, 0.2) is 5.76 Å². The second-order valence-corrected chi connectivity index (χ2v) is 4.77. The lowest BCUT2D eigenvalue weighted by atomic mass is 10.2. The molecule has 0 saturated heterocycles. The van der Waals surface area contributed by atoms with Gasteiger partial charge in [0.2, 0.25) is 5.78 Å². The Labute approximate surface area is 118 Å². The fraction of sp³-hybridized carbons (Fsp3) is 0.133. The number of carbonyl (C=O) groups is 1. The molecular formula is C15H12N2O4. The lowest BCUT2D eigenvalue weighted by molar-refractivity contribution is 0.0945. The lowest BCUT2D eigenvalue weighted by Gasteiger charge is -2.03. The molecule has 1 N–H and O–H groups in total. The maximum Gasteiger partial charge on any atom is 0.328 e. The predicted molar refractivity (Wildman–Crippen MR) is 76.6 cm³/mol. The van der Waals surface area contributed by atoms with Gasteiger partial charge in [-0.05, 0) is 19.1 Å². The molecule has 0 fully saturated rings. The molecule has 0 aliphatic carbocycles. The van der Waals surface area contributed by atoms with Gasteiger partial charge in [-0.15, -0.1) is 0 Å². The lowest BCUT2D eigenvalue weighted by Crippen LogP contribution is -2.32. The molecule has 6 heteroatoms. The molecule has 0 atom stereocenters. The highest BCUT2D eigenvalue weighted by atomic mass is 16.3. The van der Waals surface area contributed by atoms with Gasteiger partial charge in [-0.25, -0.2) is 4.79 Å². The predicted octanol–water partition coefficient (Wildman–Crippen LogP) is 1.47. The molecule has 0 aliphatic heterocycles. The van der Waals surface area contributed by atoms with E-state index in [1.54, 1.807) is 19.1 Å². The number of nitrogens with zero attached hydrogens (tertiary/aromatic N) is 1. The van der Waals surface area contributed by atoms with Crippen LogP contribution in [0.4, 0.5) is 0 Å². The summed E-state index contributed by atoms with van der Waals surface area (Å²) in [5.74, 6) is -0.147. The van der Waals surface area contributed by atoms with Gasteiger partial charge in [0.05, 0.1) is 6.54 Å². The molecule has 6 nitrogen and oxygen atoms in total. The van der Waals surface area contributed by atoms with Crippen LogP contribution in [0, 0.1) is 6.92 Å². The molecule has 0 spiro atoms. The van der Waals surface area contributed by atoms with E-state index in [1.807, 2.05) is 18.2 Å². The summed E-state index contributed by atoms with van der Waals surface area (Å²) >= 11 is 0. The van der Waals surface area contributed by atoms with Gasteiger partial charge in [0.1, 0.15) is 5.58 Å². The van der Waals surface area contributed by atoms with Gasteiger partial charge in [-0.2, -0.15) is 0 Å². The second kappa shape index (κ2) is 4.90. The van der Waals surface area contributed by atoms with E-state index in [4.69, 9.17) is 4.42 Å². The average molecular weight is 284 g/mol. The van der Waals surface area contributed by atoms with Crippen LogP contribution in [0.25, 0.3) is 11.0 Å². The summed E-state index contributed by atoms with van der Waals surface area (Å²) in [6, 6.07) is 8.91. The highest BCUT2D eigenvalue weighted by Crippen LogP contribution is 2.19. The third-order valence-electron chi connectivity index (χ3n) is 3.20. The Bertz CT molecular complexity index is 913. The molecule has 106 valence electrons. The Morgan fingerprint density at radius 2 is 2.05 bits per heavy atom. The van der Waals surface area contributed by atoms with Crippen LogP contribution in [-0.2, 0) is 6.54 Å². The van der Waals surface area contributed by atoms with Crippen LogP contribution >= 0.6 is 0 Å². The molecule has 3 aromatic rings. The first kappa shape index (κ1) is 13.1. The van der Waals surface area contributed by atoms with Crippen LogP contribution in [0.5, 0.6) is 0 Å². The fourth-order valence-corrected chi connectivity index (χ4v) is 2.09. The molecule has 0 amide bonds. The van der Waals surface area contributed by atoms with E-state index < -0.39 is 11.2 Å². The van der Waals surface area contributed by atoms with Crippen molar-refractivity contribution in [2.24, 2.45) is 0 Å². The molecule has 2 aromatic heterocycles. The number of Topliss-reactive ketones (excluding diaryl/α,β-unsaturated/α-hetero) is 1. The van der Waals surface area contributed by atoms with E-state index in [9.17, 15) is 14.4 Å². The number of fused-ring (bicyclic) bond motifs is 1. The zero-order chi connectivity index (χ0) is 15.0. The number of nitrogens with one attached hydrogen (secondary N) is 1. The summed E-state index contributed by atoms with van der Waals surface area (Å²) in [7, 11) is 0. The van der Waals surface area contributed by atoms with E-state index in [0.717, 1.165) is 9.95 Å². The topological polar surface area (TPSA) is 85.1 Å². The van der Waals surface area contributed by atoms with Crippen molar-refractivity contribution in [1.82, 2.24) is 9.55 Å². The Hall–Kier alpha value is -2.89. The van der Waals surface area contributed by atoms with Crippen molar-refractivity contribution >= 4 is 16.8 Å². The largest absolute Gasteiger partial charge is 0.453 e. The quantitative estimate of drug-likeness (QED) is 0.738. The van der Waals surface area contributed by atoms with Crippen LogP contribution in [0.15, 0.2) is 50.5 Å². The first-order valence-electron chi connectivity index (χ1n) is 6.37. The summed E-state index contributed by atoms with van der Waals surface area (Å²) in [5.41, 5.74) is -0.0830. The zero-order valence-electron chi connectivity index (χ0n) is 11.3. The molecule has 0 unspecified atom stereocenters. The summed E-state index contributed by atoms with van der Waals surface area (Å²) in [6.07, 6.45) is 1.36. The van der Waals surface area contributed by atoms with Crippen molar-refractivity contribution in [3.05, 3.63) is 68.7 Å². The minimum Gasteiger partial charge on any atom is -0.453 e. The van der Waals surface area contributed by atoms with Gasteiger partial charge < -0.3 is 4.42 Å². The van der Waals surface area contributed by atoms with Crippen molar-refractivity contribution in [3.8, 4) is 0 Å². The number of benzene rings is 1. The number of carbonyl (C=O) groups excluding carboxylic acids is 1. The minimum atomic E-state index is -0.616. The number of aromatic nitrogens is 2. The number of aryl methyl sites for hydroxylation is 1. The van der Waals surface area contributed by atoms with E-state index in [-0.39, 0.29) is 18.1 Å². The second-order valence-electron chi connectivity index (χ2n) is 4.77. The van der Waals surface area contributed by atoms with Gasteiger partial charge in [-0.3, -0.25) is 19.1 Å². The standard InChI is InChI=1S/C15H12N2O4/c1-9-7-17(15(20)16-14(9)19)8-11(18)13-6-10-4-2-3-5-12(10)21-13/h2-7H,8H2,1H3,(H,16,19,20). The van der Waals surface area contributed by atoms with E-state index >= 15 is 0 Å². The number of ketones is 1. The average Bonchev–Trinajstić information content (AvgIpc) is 2.88. The van der Waals surface area contributed by atoms with Crippen LogP contribution in [0.3, 0.4) is 0 Å². The summed E-state index contributed by atoms with van der Waals surface area (Å²) < 4.78 is 6.62. The number of hydrogen-bond donors (Lipinski definition) is 1. The Morgan fingerprint density at radius 3 is 2.81 bits per heavy atom. The van der Waals surface area contributed by atoms with Gasteiger partial charge in [0.25, 0.3) is 5.56 Å². The SMILES string of the molecule is Cc1cn(CC(=O)c2cc3ccccc3o2)c(=O)[nH]c1=O. The van der Waals surface area contributed by atoms with Crippen molar-refractivity contribution in [1.29, 1.82) is 0 Å². The van der Waals surface area contributed by atoms with Crippen molar-refractivity contribution in [2.75, 3.05) is 0 Å². The molecule has 0 radical (unpaired) electrons. The van der Waals surface area contributed by atoms with Crippen molar-refractivity contribution in [3.63, 3.8) is 0 Å². The van der Waals surface area contributed by atoms with Crippen LogP contribution in [-0.4, -0.2) is 15.3 Å². The van der Waals surface area contributed by atoms with Gasteiger partial charge in [-0.1, -0.05) is 18.2 Å². The summed E-state index contributed by atoms with van der Waals surface area (Å²) in [5, 5.41) is 0.825. The molecule has 0 aliphatic rings. The number of H-pyrrole nitrogens is 1. The number of rotatable bonds is 3. The van der Waals surface area contributed by atoms with Crippen LogP contribution < -0.4 is 11.2 Å². The molecule has 3 rings (SSSR count). The molecule has 21 heavy (non-hydrogen) atoms.